The molecule has 1 heterocycles. The van der Waals surface area contributed by atoms with Crippen LogP contribution in [-0.2, 0) is 19.4 Å². The summed E-state index contributed by atoms with van der Waals surface area (Å²) in [7, 11) is -3.18. The number of hydrogen-bond donors (Lipinski definition) is 0. The molecule has 0 bridgehead atoms. The van der Waals surface area contributed by atoms with Crippen molar-refractivity contribution in [3.8, 4) is 0 Å². The largest absolute Gasteiger partial charge is 0.452 e. The van der Waals surface area contributed by atoms with E-state index < -0.39 is 34.4 Å². The van der Waals surface area contributed by atoms with Gasteiger partial charge in [0, 0.05) is 5.69 Å². The van der Waals surface area contributed by atoms with Gasteiger partial charge >= 0.3 is 5.97 Å². The van der Waals surface area contributed by atoms with E-state index in [1.807, 2.05) is 40.7 Å². The SMILES string of the molecule is Cc1c(C)c(C)c(C(=O)OCC(=O)N(c2ccccc2)[C@H]2CCS(=O)(=O)C2)c(C)c1C. The third-order valence-electron chi connectivity index (χ3n) is 6.41. The Hall–Kier alpha value is -2.67. The Kier molecular flexibility index (Phi) is 6.55. The lowest BCUT2D eigenvalue weighted by Gasteiger charge is -2.28. The third kappa shape index (κ3) is 4.66. The monoisotopic (exact) mass is 443 g/mol. The van der Waals surface area contributed by atoms with Crippen LogP contribution in [0.4, 0.5) is 5.69 Å². The summed E-state index contributed by atoms with van der Waals surface area (Å²) in [5.41, 5.74) is 5.98. The first-order valence-corrected chi connectivity index (χ1v) is 12.2. The van der Waals surface area contributed by atoms with Gasteiger partial charge in [0.25, 0.3) is 5.91 Å². The molecular formula is C24H29NO5S. The number of nitrogens with zero attached hydrogens (tertiary/aromatic N) is 1. The number of ether oxygens (including phenoxy) is 1. The maximum Gasteiger partial charge on any atom is 0.339 e. The summed E-state index contributed by atoms with van der Waals surface area (Å²) >= 11 is 0. The van der Waals surface area contributed by atoms with E-state index in [0.717, 1.165) is 27.8 Å². The normalized spacial score (nSPS) is 17.4. The second kappa shape index (κ2) is 8.83. The molecule has 0 spiro atoms. The molecule has 1 aliphatic rings. The predicted octanol–water partition coefficient (Wildman–Crippen LogP) is 3.61. The van der Waals surface area contributed by atoms with Crippen molar-refractivity contribution in [2.75, 3.05) is 23.0 Å². The molecule has 0 radical (unpaired) electrons. The van der Waals surface area contributed by atoms with Gasteiger partial charge in [0.15, 0.2) is 16.4 Å². The molecule has 7 heteroatoms. The van der Waals surface area contributed by atoms with Gasteiger partial charge in [-0.3, -0.25) is 4.79 Å². The summed E-state index contributed by atoms with van der Waals surface area (Å²) in [5.74, 6) is -1.01. The Labute approximate surface area is 184 Å². The first-order chi connectivity index (χ1) is 14.5. The zero-order chi connectivity index (χ0) is 22.9. The molecule has 1 amide bonds. The molecule has 0 unspecified atom stereocenters. The molecule has 166 valence electrons. The molecule has 6 nitrogen and oxygen atoms in total. The van der Waals surface area contributed by atoms with Crippen molar-refractivity contribution in [3.05, 3.63) is 63.7 Å². The molecular weight excluding hydrogens is 414 g/mol. The van der Waals surface area contributed by atoms with Gasteiger partial charge in [0.05, 0.1) is 23.1 Å². The highest BCUT2D eigenvalue weighted by atomic mass is 32.2. The van der Waals surface area contributed by atoms with Gasteiger partial charge in [-0.2, -0.15) is 0 Å². The fourth-order valence-electron chi connectivity index (χ4n) is 4.20. The fraction of sp³-hybridized carbons (Fsp3) is 0.417. The predicted molar refractivity (Wildman–Crippen MR) is 121 cm³/mol. The Morgan fingerprint density at radius 1 is 0.935 bits per heavy atom. The van der Waals surface area contributed by atoms with E-state index in [-0.39, 0.29) is 11.5 Å². The van der Waals surface area contributed by atoms with Crippen molar-refractivity contribution in [3.63, 3.8) is 0 Å². The average Bonchev–Trinajstić information content (AvgIpc) is 3.09. The summed E-state index contributed by atoms with van der Waals surface area (Å²) < 4.78 is 29.4. The molecule has 1 aliphatic heterocycles. The van der Waals surface area contributed by atoms with E-state index in [1.165, 1.54) is 4.90 Å². The number of carbonyl (C=O) groups excluding carboxylic acids is 2. The van der Waals surface area contributed by atoms with Crippen molar-refractivity contribution >= 4 is 27.4 Å². The minimum absolute atomic E-state index is 0.0500. The van der Waals surface area contributed by atoms with E-state index in [4.69, 9.17) is 4.74 Å². The maximum absolute atomic E-state index is 13.1. The van der Waals surface area contributed by atoms with E-state index in [2.05, 4.69) is 0 Å². The molecule has 0 aliphatic carbocycles. The van der Waals surface area contributed by atoms with Crippen molar-refractivity contribution in [2.45, 2.75) is 47.1 Å². The molecule has 1 atom stereocenters. The fourth-order valence-corrected chi connectivity index (χ4v) is 5.90. The molecule has 31 heavy (non-hydrogen) atoms. The number of benzene rings is 2. The zero-order valence-corrected chi connectivity index (χ0v) is 19.5. The maximum atomic E-state index is 13.1. The van der Waals surface area contributed by atoms with E-state index in [1.54, 1.807) is 24.3 Å². The Balaban J connectivity index is 1.83. The number of anilines is 1. The first-order valence-electron chi connectivity index (χ1n) is 10.3. The second-order valence-electron chi connectivity index (χ2n) is 8.23. The lowest BCUT2D eigenvalue weighted by Crippen LogP contribution is -2.43. The van der Waals surface area contributed by atoms with E-state index in [0.29, 0.717) is 17.7 Å². The molecule has 2 aromatic rings. The number of sulfone groups is 1. The lowest BCUT2D eigenvalue weighted by atomic mass is 9.90. The minimum atomic E-state index is -3.18. The first kappa shape index (κ1) is 23.0. The van der Waals surface area contributed by atoms with Gasteiger partial charge < -0.3 is 9.64 Å². The van der Waals surface area contributed by atoms with Crippen LogP contribution in [0.1, 0.15) is 44.6 Å². The van der Waals surface area contributed by atoms with Crippen molar-refractivity contribution in [1.29, 1.82) is 0 Å². The van der Waals surface area contributed by atoms with Crippen molar-refractivity contribution in [1.82, 2.24) is 0 Å². The lowest BCUT2D eigenvalue weighted by molar-refractivity contribution is -0.122. The van der Waals surface area contributed by atoms with Crippen LogP contribution in [0.5, 0.6) is 0 Å². The number of hydrogen-bond acceptors (Lipinski definition) is 5. The smallest absolute Gasteiger partial charge is 0.339 e. The zero-order valence-electron chi connectivity index (χ0n) is 18.7. The number of para-hydroxylation sites is 1. The Morgan fingerprint density at radius 2 is 1.48 bits per heavy atom. The van der Waals surface area contributed by atoms with Crippen LogP contribution in [0, 0.1) is 34.6 Å². The highest BCUT2D eigenvalue weighted by molar-refractivity contribution is 7.91. The third-order valence-corrected chi connectivity index (χ3v) is 8.16. The quantitative estimate of drug-likeness (QED) is 0.660. The van der Waals surface area contributed by atoms with E-state index in [9.17, 15) is 18.0 Å². The van der Waals surface area contributed by atoms with Gasteiger partial charge in [-0.25, -0.2) is 13.2 Å². The average molecular weight is 444 g/mol. The molecule has 1 fully saturated rings. The summed E-state index contributed by atoms with van der Waals surface area (Å²) in [5, 5.41) is 0. The van der Waals surface area contributed by atoms with Crippen LogP contribution in [0.25, 0.3) is 0 Å². The summed E-state index contributed by atoms with van der Waals surface area (Å²) in [6.07, 6.45) is 0.367. The van der Waals surface area contributed by atoms with Gasteiger partial charge in [-0.15, -0.1) is 0 Å². The molecule has 0 aromatic heterocycles. The molecule has 2 aromatic carbocycles. The van der Waals surface area contributed by atoms with Gasteiger partial charge in [-0.1, -0.05) is 18.2 Å². The van der Waals surface area contributed by atoms with Gasteiger partial charge in [0.1, 0.15) is 0 Å². The highest BCUT2D eigenvalue weighted by Gasteiger charge is 2.36. The van der Waals surface area contributed by atoms with Crippen LogP contribution in [-0.4, -0.2) is 44.4 Å². The second-order valence-corrected chi connectivity index (χ2v) is 10.5. The van der Waals surface area contributed by atoms with Gasteiger partial charge in [0.2, 0.25) is 0 Å². The van der Waals surface area contributed by atoms with Crippen LogP contribution < -0.4 is 4.90 Å². The number of carbonyl (C=O) groups is 2. The summed E-state index contributed by atoms with van der Waals surface area (Å²) in [6.45, 7) is 9.28. The van der Waals surface area contributed by atoms with Crippen LogP contribution in [0.2, 0.25) is 0 Å². The molecule has 1 saturated heterocycles. The Bertz CT molecular complexity index is 1090. The Morgan fingerprint density at radius 3 is 2.00 bits per heavy atom. The molecule has 0 N–H and O–H groups in total. The standard InChI is InChI=1S/C24H29NO5S/c1-15-16(2)18(4)23(19(5)17(15)3)24(27)30-13-22(26)25(20-9-7-6-8-10-20)21-11-12-31(28,29)14-21/h6-10,21H,11-14H2,1-5H3/t21-/m0/s1. The number of esters is 1. The summed E-state index contributed by atoms with van der Waals surface area (Å²) in [4.78, 5) is 27.5. The summed E-state index contributed by atoms with van der Waals surface area (Å²) in [6, 6.07) is 8.44. The number of amides is 1. The van der Waals surface area contributed by atoms with Crippen LogP contribution in [0.3, 0.4) is 0 Å². The van der Waals surface area contributed by atoms with Crippen LogP contribution >= 0.6 is 0 Å². The van der Waals surface area contributed by atoms with Crippen LogP contribution in [0.15, 0.2) is 30.3 Å². The van der Waals surface area contributed by atoms with Crippen molar-refractivity contribution in [2.24, 2.45) is 0 Å². The van der Waals surface area contributed by atoms with Gasteiger partial charge in [-0.05, 0) is 81.0 Å². The number of rotatable bonds is 5. The molecule has 0 saturated carbocycles. The molecule has 3 rings (SSSR count). The van der Waals surface area contributed by atoms with E-state index >= 15 is 0 Å². The highest BCUT2D eigenvalue weighted by Crippen LogP contribution is 2.27. The minimum Gasteiger partial charge on any atom is -0.452 e. The van der Waals surface area contributed by atoms with Crippen molar-refractivity contribution < 1.29 is 22.7 Å². The topological polar surface area (TPSA) is 80.8 Å².